The summed E-state index contributed by atoms with van der Waals surface area (Å²) in [7, 11) is 2.25. The van der Waals surface area contributed by atoms with E-state index in [0.717, 1.165) is 25.4 Å². The van der Waals surface area contributed by atoms with E-state index >= 15 is 0 Å². The molecule has 1 N–H and O–H groups in total. The summed E-state index contributed by atoms with van der Waals surface area (Å²) in [5, 5.41) is 3.39. The molecule has 0 spiro atoms. The Hall–Kier alpha value is -0.860. The van der Waals surface area contributed by atoms with Crippen LogP contribution in [0, 0.1) is 5.92 Å². The number of likely N-dealkylation sites (N-methyl/N-ethyl adjacent to an activating group) is 1. The van der Waals surface area contributed by atoms with Gasteiger partial charge in [-0.15, -0.1) is 0 Å². The van der Waals surface area contributed by atoms with E-state index in [1.54, 1.807) is 0 Å². The summed E-state index contributed by atoms with van der Waals surface area (Å²) in [5.41, 5.74) is 2.95. The number of nitrogens with zero attached hydrogens (tertiary/aromatic N) is 1. The summed E-state index contributed by atoms with van der Waals surface area (Å²) in [6.07, 6.45) is 3.62. The summed E-state index contributed by atoms with van der Waals surface area (Å²) in [6, 6.07) is 9.32. The predicted molar refractivity (Wildman–Crippen MR) is 98.7 cm³/mol. The molecule has 0 aliphatic heterocycles. The molecule has 126 valence electrons. The maximum Gasteiger partial charge on any atom is 0.000134 e. The fourth-order valence-corrected chi connectivity index (χ4v) is 3.06. The topological polar surface area (TPSA) is 15.3 Å². The third kappa shape index (κ3) is 7.42. The first-order valence-corrected chi connectivity index (χ1v) is 9.04. The van der Waals surface area contributed by atoms with Gasteiger partial charge >= 0.3 is 0 Å². The molecule has 1 aromatic carbocycles. The molecule has 2 heteroatoms. The van der Waals surface area contributed by atoms with Crippen LogP contribution in [0.5, 0.6) is 0 Å². The zero-order chi connectivity index (χ0) is 16.4. The lowest BCUT2D eigenvalue weighted by Crippen LogP contribution is -2.25. The van der Waals surface area contributed by atoms with E-state index in [4.69, 9.17) is 0 Å². The van der Waals surface area contributed by atoms with Gasteiger partial charge in [-0.25, -0.2) is 0 Å². The number of hydrogen-bond acceptors (Lipinski definition) is 2. The van der Waals surface area contributed by atoms with E-state index in [1.165, 1.54) is 37.1 Å². The number of benzene rings is 1. The first kappa shape index (κ1) is 19.2. The Morgan fingerprint density at radius 2 is 1.77 bits per heavy atom. The van der Waals surface area contributed by atoms with E-state index in [9.17, 15) is 0 Å². The van der Waals surface area contributed by atoms with Gasteiger partial charge in [0.15, 0.2) is 0 Å². The molecule has 0 fully saturated rings. The van der Waals surface area contributed by atoms with E-state index < -0.39 is 0 Å². The molecule has 22 heavy (non-hydrogen) atoms. The van der Waals surface area contributed by atoms with Gasteiger partial charge in [0.2, 0.25) is 0 Å². The monoisotopic (exact) mass is 304 g/mol. The fourth-order valence-electron chi connectivity index (χ4n) is 3.06. The van der Waals surface area contributed by atoms with Gasteiger partial charge in [-0.1, -0.05) is 52.0 Å². The van der Waals surface area contributed by atoms with E-state index in [1.807, 2.05) is 0 Å². The molecule has 0 amide bonds. The summed E-state index contributed by atoms with van der Waals surface area (Å²) >= 11 is 0. The highest BCUT2D eigenvalue weighted by molar-refractivity contribution is 5.25. The minimum atomic E-state index is 0.692. The summed E-state index contributed by atoms with van der Waals surface area (Å²) < 4.78 is 0. The average Bonchev–Trinajstić information content (AvgIpc) is 2.49. The van der Waals surface area contributed by atoms with Crippen LogP contribution in [0.15, 0.2) is 24.3 Å². The minimum absolute atomic E-state index is 0.692. The second kappa shape index (κ2) is 10.8. The number of nitrogens with one attached hydrogen (secondary N) is 1. The van der Waals surface area contributed by atoms with Crippen molar-refractivity contribution in [2.45, 2.75) is 52.9 Å². The summed E-state index contributed by atoms with van der Waals surface area (Å²) in [5.74, 6) is 1.44. The van der Waals surface area contributed by atoms with E-state index in [-0.39, 0.29) is 0 Å². The Balaban J connectivity index is 2.48. The van der Waals surface area contributed by atoms with Gasteiger partial charge in [-0.2, -0.15) is 0 Å². The number of rotatable bonds is 11. The Kier molecular flexibility index (Phi) is 9.42. The van der Waals surface area contributed by atoms with Gasteiger partial charge < -0.3 is 10.2 Å². The van der Waals surface area contributed by atoms with Crippen LogP contribution in [-0.2, 0) is 6.42 Å². The van der Waals surface area contributed by atoms with Crippen molar-refractivity contribution in [3.05, 3.63) is 35.4 Å². The molecule has 2 nitrogen and oxygen atoms in total. The zero-order valence-corrected chi connectivity index (χ0v) is 15.4. The lowest BCUT2D eigenvalue weighted by atomic mass is 9.92. The summed E-state index contributed by atoms with van der Waals surface area (Å²) in [6.45, 7) is 13.6. The third-order valence-corrected chi connectivity index (χ3v) is 4.32. The van der Waals surface area contributed by atoms with Crippen molar-refractivity contribution >= 4 is 0 Å². The van der Waals surface area contributed by atoms with Crippen molar-refractivity contribution in [1.29, 1.82) is 0 Å². The molecule has 1 rings (SSSR count). The molecule has 0 radical (unpaired) electrons. The summed E-state index contributed by atoms with van der Waals surface area (Å²) in [4.78, 5) is 2.47. The van der Waals surface area contributed by atoms with Crippen molar-refractivity contribution in [2.75, 3.05) is 33.2 Å². The zero-order valence-electron chi connectivity index (χ0n) is 15.4. The van der Waals surface area contributed by atoms with Crippen molar-refractivity contribution in [3.63, 3.8) is 0 Å². The molecule has 1 aromatic rings. The second-order valence-electron chi connectivity index (χ2n) is 6.90. The van der Waals surface area contributed by atoms with Gasteiger partial charge in [0.25, 0.3) is 0 Å². The van der Waals surface area contributed by atoms with Crippen LogP contribution < -0.4 is 5.32 Å². The van der Waals surface area contributed by atoms with Crippen LogP contribution in [0.3, 0.4) is 0 Å². The largest absolute Gasteiger partial charge is 0.317 e. The van der Waals surface area contributed by atoms with Gasteiger partial charge in [-0.3, -0.25) is 0 Å². The van der Waals surface area contributed by atoms with Crippen molar-refractivity contribution < 1.29 is 0 Å². The third-order valence-electron chi connectivity index (χ3n) is 4.32. The maximum atomic E-state index is 3.39. The van der Waals surface area contributed by atoms with E-state index in [0.29, 0.717) is 5.92 Å². The quantitative estimate of drug-likeness (QED) is 0.613. The SMILES string of the molecule is CCNCCc1ccc(C(CC)CCN(C)CC(C)C)cc1. The molecule has 0 heterocycles. The first-order chi connectivity index (χ1) is 10.6. The molecule has 0 saturated carbocycles. The highest BCUT2D eigenvalue weighted by Gasteiger charge is 2.11. The lowest BCUT2D eigenvalue weighted by Gasteiger charge is -2.22. The van der Waals surface area contributed by atoms with Crippen molar-refractivity contribution in [3.8, 4) is 0 Å². The predicted octanol–water partition coefficient (Wildman–Crippen LogP) is 4.31. The smallest absolute Gasteiger partial charge is 0.000134 e. The molecular weight excluding hydrogens is 268 g/mol. The number of hydrogen-bond donors (Lipinski definition) is 1. The van der Waals surface area contributed by atoms with Crippen LogP contribution in [0.25, 0.3) is 0 Å². The van der Waals surface area contributed by atoms with Crippen LogP contribution in [0.1, 0.15) is 57.6 Å². The van der Waals surface area contributed by atoms with Crippen LogP contribution in [0.4, 0.5) is 0 Å². The maximum absolute atomic E-state index is 3.39. The van der Waals surface area contributed by atoms with Crippen LogP contribution in [0.2, 0.25) is 0 Å². The second-order valence-corrected chi connectivity index (χ2v) is 6.90. The highest BCUT2D eigenvalue weighted by atomic mass is 15.1. The minimum Gasteiger partial charge on any atom is -0.317 e. The highest BCUT2D eigenvalue weighted by Crippen LogP contribution is 2.24. The van der Waals surface area contributed by atoms with Crippen molar-refractivity contribution in [2.24, 2.45) is 5.92 Å². The molecule has 1 atom stereocenters. The molecule has 0 saturated heterocycles. The molecule has 0 aromatic heterocycles. The van der Waals surface area contributed by atoms with Crippen LogP contribution >= 0.6 is 0 Å². The standard InChI is InChI=1S/C20H36N2/c1-6-19(13-15-22(5)16-17(3)4)20-10-8-18(9-11-20)12-14-21-7-2/h8-11,17,19,21H,6-7,12-16H2,1-5H3. The molecule has 0 aliphatic rings. The van der Waals surface area contributed by atoms with Gasteiger partial charge in [0, 0.05) is 6.54 Å². The van der Waals surface area contributed by atoms with Gasteiger partial charge in [0.1, 0.15) is 0 Å². The van der Waals surface area contributed by atoms with Crippen molar-refractivity contribution in [1.82, 2.24) is 10.2 Å². The van der Waals surface area contributed by atoms with Gasteiger partial charge in [0.05, 0.1) is 0 Å². The van der Waals surface area contributed by atoms with Gasteiger partial charge in [-0.05, 0) is 68.9 Å². The Morgan fingerprint density at radius 1 is 1.09 bits per heavy atom. The molecular formula is C20H36N2. The van der Waals surface area contributed by atoms with E-state index in [2.05, 4.69) is 69.2 Å². The Bertz CT molecular complexity index is 383. The average molecular weight is 305 g/mol. The Morgan fingerprint density at radius 3 is 2.32 bits per heavy atom. The van der Waals surface area contributed by atoms with Crippen LogP contribution in [-0.4, -0.2) is 38.1 Å². The molecule has 0 aliphatic carbocycles. The fraction of sp³-hybridized carbons (Fsp3) is 0.700. The normalized spacial score (nSPS) is 13.0. The lowest BCUT2D eigenvalue weighted by molar-refractivity contribution is 0.283. The Labute approximate surface area is 138 Å². The first-order valence-electron chi connectivity index (χ1n) is 9.04. The molecule has 1 unspecified atom stereocenters. The molecule has 0 bridgehead atoms.